The maximum absolute atomic E-state index is 11.1. The zero-order valence-electron chi connectivity index (χ0n) is 7.53. The lowest BCUT2D eigenvalue weighted by molar-refractivity contribution is -0.141. The van der Waals surface area contributed by atoms with Crippen molar-refractivity contribution >= 4 is 11.8 Å². The summed E-state index contributed by atoms with van der Waals surface area (Å²) < 4.78 is 0. The second-order valence-corrected chi connectivity index (χ2v) is 4.31. The number of carboxylic acid groups (broad SMARTS) is 1. The molecule has 13 heavy (non-hydrogen) atoms. The van der Waals surface area contributed by atoms with Gasteiger partial charge in [-0.15, -0.1) is 0 Å². The van der Waals surface area contributed by atoms with Gasteiger partial charge in [0, 0.05) is 12.8 Å². The largest absolute Gasteiger partial charge is 0.481 e. The molecule has 0 unspecified atom stereocenters. The first-order valence-electron chi connectivity index (χ1n) is 4.91. The average Bonchev–Trinajstić information content (AvgIpc) is 2.46. The lowest BCUT2D eigenvalue weighted by Gasteiger charge is -2.23. The fourth-order valence-electron chi connectivity index (χ4n) is 2.76. The monoisotopic (exact) mass is 182 g/mol. The maximum Gasteiger partial charge on any atom is 0.306 e. The van der Waals surface area contributed by atoms with Crippen molar-refractivity contribution in [3.63, 3.8) is 0 Å². The molecule has 0 saturated heterocycles. The van der Waals surface area contributed by atoms with E-state index in [4.69, 9.17) is 5.11 Å². The molecule has 2 aliphatic rings. The minimum atomic E-state index is -0.679. The Balaban J connectivity index is 2.02. The van der Waals surface area contributed by atoms with Crippen LogP contribution in [0.2, 0.25) is 0 Å². The Labute approximate surface area is 77.1 Å². The number of fused-ring (bicyclic) bond motifs is 1. The Morgan fingerprint density at radius 1 is 1.31 bits per heavy atom. The summed E-state index contributed by atoms with van der Waals surface area (Å²) in [5.41, 5.74) is 0. The van der Waals surface area contributed by atoms with Crippen molar-refractivity contribution in [2.24, 2.45) is 17.8 Å². The number of Topliss-reactive ketones (excluding diaryl/α,β-unsaturated/α-hetero) is 1. The van der Waals surface area contributed by atoms with Gasteiger partial charge in [-0.25, -0.2) is 0 Å². The second kappa shape index (κ2) is 3.13. The van der Waals surface area contributed by atoms with Crippen LogP contribution in [0, 0.1) is 17.8 Å². The van der Waals surface area contributed by atoms with Crippen molar-refractivity contribution < 1.29 is 14.7 Å². The third-order valence-corrected chi connectivity index (χ3v) is 3.47. The van der Waals surface area contributed by atoms with E-state index in [1.807, 2.05) is 0 Å². The van der Waals surface area contributed by atoms with Crippen molar-refractivity contribution in [2.75, 3.05) is 0 Å². The van der Waals surface area contributed by atoms with Crippen LogP contribution < -0.4 is 0 Å². The van der Waals surface area contributed by atoms with Gasteiger partial charge >= 0.3 is 5.97 Å². The van der Waals surface area contributed by atoms with E-state index in [1.165, 1.54) is 0 Å². The molecule has 0 aliphatic heterocycles. The molecule has 3 atom stereocenters. The van der Waals surface area contributed by atoms with Gasteiger partial charge in [0.2, 0.25) is 0 Å². The number of carbonyl (C=O) groups excluding carboxylic acids is 1. The lowest BCUT2D eigenvalue weighted by Crippen LogP contribution is -2.19. The Kier molecular flexibility index (Phi) is 2.10. The Hall–Kier alpha value is -0.860. The van der Waals surface area contributed by atoms with Gasteiger partial charge in [-0.3, -0.25) is 9.59 Å². The predicted molar refractivity (Wildman–Crippen MR) is 46.2 cm³/mol. The summed E-state index contributed by atoms with van der Waals surface area (Å²) in [6.45, 7) is 0. The maximum atomic E-state index is 11.1. The molecule has 0 aromatic rings. The van der Waals surface area contributed by atoms with Gasteiger partial charge in [0.05, 0.1) is 5.92 Å². The topological polar surface area (TPSA) is 54.4 Å². The number of rotatable bonds is 1. The van der Waals surface area contributed by atoms with Gasteiger partial charge in [0.1, 0.15) is 5.78 Å². The van der Waals surface area contributed by atoms with Crippen LogP contribution in [0.15, 0.2) is 0 Å². The Bertz CT molecular complexity index is 247. The van der Waals surface area contributed by atoms with E-state index in [9.17, 15) is 9.59 Å². The number of aliphatic carboxylic acids is 1. The molecule has 3 nitrogen and oxygen atoms in total. The highest BCUT2D eigenvalue weighted by Gasteiger charge is 2.40. The number of carboxylic acids is 1. The van der Waals surface area contributed by atoms with Crippen LogP contribution in [0.5, 0.6) is 0 Å². The fraction of sp³-hybridized carbons (Fsp3) is 0.800. The molecule has 0 aromatic carbocycles. The SMILES string of the molecule is O=C1CC[C@@H]2C[C@@H](C(=O)O)C[C@H]2C1. The highest BCUT2D eigenvalue weighted by molar-refractivity contribution is 5.80. The molecular weight excluding hydrogens is 168 g/mol. The zero-order valence-corrected chi connectivity index (χ0v) is 7.53. The molecule has 2 fully saturated rings. The van der Waals surface area contributed by atoms with Crippen LogP contribution in [0.4, 0.5) is 0 Å². The van der Waals surface area contributed by atoms with Crippen LogP contribution in [0.3, 0.4) is 0 Å². The molecule has 1 N–H and O–H groups in total. The predicted octanol–water partition coefficient (Wildman–Crippen LogP) is 1.47. The highest BCUT2D eigenvalue weighted by atomic mass is 16.4. The highest BCUT2D eigenvalue weighted by Crippen LogP contribution is 2.44. The van der Waals surface area contributed by atoms with Crippen LogP contribution in [0.1, 0.15) is 32.1 Å². The molecular formula is C10H14O3. The summed E-state index contributed by atoms with van der Waals surface area (Å²) in [5, 5.41) is 8.84. The van der Waals surface area contributed by atoms with Crippen LogP contribution in [-0.2, 0) is 9.59 Å². The smallest absolute Gasteiger partial charge is 0.306 e. The molecule has 2 aliphatic carbocycles. The van der Waals surface area contributed by atoms with Gasteiger partial charge < -0.3 is 5.11 Å². The third kappa shape index (κ3) is 1.60. The van der Waals surface area contributed by atoms with Crippen LogP contribution in [-0.4, -0.2) is 16.9 Å². The summed E-state index contributed by atoms with van der Waals surface area (Å²) in [4.78, 5) is 21.9. The van der Waals surface area contributed by atoms with Crippen molar-refractivity contribution in [3.8, 4) is 0 Å². The summed E-state index contributed by atoms with van der Waals surface area (Å²) >= 11 is 0. The lowest BCUT2D eigenvalue weighted by atomic mass is 9.81. The third-order valence-electron chi connectivity index (χ3n) is 3.47. The van der Waals surface area contributed by atoms with Gasteiger partial charge in [-0.2, -0.15) is 0 Å². The molecule has 0 radical (unpaired) electrons. The van der Waals surface area contributed by atoms with Crippen LogP contribution >= 0.6 is 0 Å². The summed E-state index contributed by atoms with van der Waals surface area (Å²) in [6, 6.07) is 0. The van der Waals surface area contributed by atoms with Crippen molar-refractivity contribution in [1.82, 2.24) is 0 Å². The first kappa shape index (κ1) is 8.73. The molecule has 0 aromatic heterocycles. The molecule has 2 rings (SSSR count). The summed E-state index contributed by atoms with van der Waals surface area (Å²) in [5.74, 6) is 0.358. The van der Waals surface area contributed by atoms with Crippen LogP contribution in [0.25, 0.3) is 0 Å². The molecule has 0 bridgehead atoms. The van der Waals surface area contributed by atoms with Gasteiger partial charge in [-0.1, -0.05) is 0 Å². The number of carbonyl (C=O) groups is 2. The number of ketones is 1. The van der Waals surface area contributed by atoms with E-state index in [0.717, 1.165) is 19.3 Å². The molecule has 0 heterocycles. The Morgan fingerprint density at radius 2 is 2.00 bits per heavy atom. The standard InChI is InChI=1S/C10H14O3/c11-9-2-1-6-3-8(10(12)13)4-7(6)5-9/h6-8H,1-5H2,(H,12,13)/t6-,7+,8-/m1/s1. The van der Waals surface area contributed by atoms with Crippen molar-refractivity contribution in [1.29, 1.82) is 0 Å². The van der Waals surface area contributed by atoms with Crippen molar-refractivity contribution in [3.05, 3.63) is 0 Å². The van der Waals surface area contributed by atoms with E-state index in [1.54, 1.807) is 0 Å². The first-order chi connectivity index (χ1) is 6.16. The molecule has 72 valence electrons. The molecule has 2 saturated carbocycles. The van der Waals surface area contributed by atoms with E-state index in [0.29, 0.717) is 30.5 Å². The average molecular weight is 182 g/mol. The van der Waals surface area contributed by atoms with E-state index in [-0.39, 0.29) is 5.92 Å². The van der Waals surface area contributed by atoms with Gasteiger partial charge in [0.15, 0.2) is 0 Å². The van der Waals surface area contributed by atoms with E-state index >= 15 is 0 Å². The number of hydrogen-bond acceptors (Lipinski definition) is 2. The van der Waals surface area contributed by atoms with Gasteiger partial charge in [0.25, 0.3) is 0 Å². The minimum Gasteiger partial charge on any atom is -0.481 e. The molecule has 0 spiro atoms. The zero-order chi connectivity index (χ0) is 9.42. The minimum absolute atomic E-state index is 0.180. The second-order valence-electron chi connectivity index (χ2n) is 4.31. The van der Waals surface area contributed by atoms with Gasteiger partial charge in [-0.05, 0) is 31.1 Å². The quantitative estimate of drug-likeness (QED) is 0.668. The molecule has 3 heteroatoms. The normalized spacial score (nSPS) is 38.8. The van der Waals surface area contributed by atoms with Crippen molar-refractivity contribution in [2.45, 2.75) is 32.1 Å². The van der Waals surface area contributed by atoms with E-state index in [2.05, 4.69) is 0 Å². The molecule has 0 amide bonds. The summed E-state index contributed by atoms with van der Waals surface area (Å²) in [7, 11) is 0. The Morgan fingerprint density at radius 3 is 2.69 bits per heavy atom. The van der Waals surface area contributed by atoms with E-state index < -0.39 is 5.97 Å². The number of hydrogen-bond donors (Lipinski definition) is 1. The summed E-state index contributed by atoms with van der Waals surface area (Å²) in [6.07, 6.45) is 3.76. The fourth-order valence-corrected chi connectivity index (χ4v) is 2.76. The first-order valence-corrected chi connectivity index (χ1v) is 4.91.